The molecule has 0 saturated heterocycles. The molecule has 7 nitrogen and oxygen atoms in total. The zero-order valence-electron chi connectivity index (χ0n) is 15.6. The summed E-state index contributed by atoms with van der Waals surface area (Å²) in [7, 11) is 0. The van der Waals surface area contributed by atoms with Crippen LogP contribution in [0.4, 0.5) is 17.1 Å². The van der Waals surface area contributed by atoms with Crippen molar-refractivity contribution in [2.45, 2.75) is 33.1 Å². The first-order chi connectivity index (χ1) is 13.3. The van der Waals surface area contributed by atoms with E-state index in [1.807, 2.05) is 0 Å². The first kappa shape index (κ1) is 18.4. The van der Waals surface area contributed by atoms with Crippen molar-refractivity contribution in [1.82, 2.24) is 4.98 Å². The molecule has 0 bridgehead atoms. The summed E-state index contributed by atoms with van der Waals surface area (Å²) < 4.78 is 0. The van der Waals surface area contributed by atoms with Gasteiger partial charge in [0, 0.05) is 28.4 Å². The van der Waals surface area contributed by atoms with E-state index in [4.69, 9.17) is 10.7 Å². The van der Waals surface area contributed by atoms with E-state index in [0.29, 0.717) is 27.7 Å². The Balaban J connectivity index is 1.67. The van der Waals surface area contributed by atoms with Gasteiger partial charge >= 0.3 is 0 Å². The minimum absolute atomic E-state index is 0.0365. The van der Waals surface area contributed by atoms with Gasteiger partial charge in [-0.15, -0.1) is 11.3 Å². The van der Waals surface area contributed by atoms with E-state index in [9.17, 15) is 14.9 Å². The molecule has 144 valence electrons. The lowest BCUT2D eigenvalue weighted by molar-refractivity contribution is -0.385. The second-order valence-corrected chi connectivity index (χ2v) is 8.35. The number of aryl methyl sites for hydroxylation is 2. The highest BCUT2D eigenvalue weighted by molar-refractivity contribution is 7.21. The molecule has 1 aliphatic rings. The van der Waals surface area contributed by atoms with E-state index >= 15 is 0 Å². The number of pyridine rings is 1. The van der Waals surface area contributed by atoms with Gasteiger partial charge in [0.15, 0.2) is 0 Å². The number of benzene rings is 1. The van der Waals surface area contributed by atoms with Gasteiger partial charge in [-0.05, 0) is 49.8 Å². The highest BCUT2D eigenvalue weighted by Gasteiger charge is 2.23. The second kappa shape index (κ2) is 6.87. The predicted octanol–water partition coefficient (Wildman–Crippen LogP) is 4.47. The maximum Gasteiger partial charge on any atom is 0.274 e. The summed E-state index contributed by atoms with van der Waals surface area (Å²) in [5, 5.41) is 14.6. The van der Waals surface area contributed by atoms with Crippen molar-refractivity contribution in [1.29, 1.82) is 0 Å². The standard InChI is InChI=1S/C20H20N4O3S/c1-10-3-6-15-12(7-10)8-14-17(21)18(28-20(14)23-15)19(25)22-13-5-4-11(2)16(9-13)24(26)27/h4-5,8-10H,3,6-7,21H2,1-2H3,(H,22,25). The highest BCUT2D eigenvalue weighted by atomic mass is 32.1. The molecule has 3 N–H and O–H groups in total. The van der Waals surface area contributed by atoms with E-state index in [-0.39, 0.29) is 11.6 Å². The van der Waals surface area contributed by atoms with Crippen LogP contribution in [0.3, 0.4) is 0 Å². The summed E-state index contributed by atoms with van der Waals surface area (Å²) in [5.74, 6) is 0.233. The molecule has 1 unspecified atom stereocenters. The average molecular weight is 396 g/mol. The Morgan fingerprint density at radius 2 is 2.18 bits per heavy atom. The van der Waals surface area contributed by atoms with E-state index in [2.05, 4.69) is 18.3 Å². The van der Waals surface area contributed by atoms with Crippen LogP contribution in [-0.2, 0) is 12.8 Å². The smallest absolute Gasteiger partial charge is 0.274 e. The Morgan fingerprint density at radius 3 is 2.93 bits per heavy atom. The van der Waals surface area contributed by atoms with E-state index in [0.717, 1.165) is 35.2 Å². The number of hydrogen-bond donors (Lipinski definition) is 2. The lowest BCUT2D eigenvalue weighted by Crippen LogP contribution is -2.13. The number of nitrogens with two attached hydrogens (primary N) is 1. The Labute approximate surface area is 165 Å². The van der Waals surface area contributed by atoms with Gasteiger partial charge in [0.1, 0.15) is 9.71 Å². The number of carbonyl (C=O) groups excluding carboxylic acids is 1. The van der Waals surface area contributed by atoms with Crippen LogP contribution in [0, 0.1) is 23.0 Å². The first-order valence-electron chi connectivity index (χ1n) is 9.10. The molecule has 0 aliphatic heterocycles. The minimum atomic E-state index is -0.464. The van der Waals surface area contributed by atoms with Gasteiger partial charge < -0.3 is 11.1 Å². The zero-order valence-corrected chi connectivity index (χ0v) is 16.4. The molecule has 0 radical (unpaired) electrons. The number of carbonyl (C=O) groups is 1. The quantitative estimate of drug-likeness (QED) is 0.501. The first-order valence-corrected chi connectivity index (χ1v) is 9.92. The Bertz CT molecular complexity index is 1120. The number of nitro benzene ring substituents is 1. The average Bonchev–Trinajstić information content (AvgIpc) is 2.97. The van der Waals surface area contributed by atoms with Crippen LogP contribution >= 0.6 is 11.3 Å². The molecule has 2 aromatic heterocycles. The molecular weight excluding hydrogens is 376 g/mol. The van der Waals surface area contributed by atoms with Crippen molar-refractivity contribution < 1.29 is 9.72 Å². The third-order valence-electron chi connectivity index (χ3n) is 5.20. The molecule has 28 heavy (non-hydrogen) atoms. The number of aromatic nitrogens is 1. The van der Waals surface area contributed by atoms with Crippen LogP contribution in [0.1, 0.15) is 39.8 Å². The number of nitrogens with one attached hydrogen (secondary N) is 1. The fourth-order valence-corrected chi connectivity index (χ4v) is 4.60. The van der Waals surface area contributed by atoms with E-state index in [1.54, 1.807) is 19.1 Å². The Hall–Kier alpha value is -3.00. The van der Waals surface area contributed by atoms with Gasteiger partial charge in [0.25, 0.3) is 11.6 Å². The maximum absolute atomic E-state index is 12.8. The lowest BCUT2D eigenvalue weighted by Gasteiger charge is -2.20. The minimum Gasteiger partial charge on any atom is -0.397 e. The van der Waals surface area contributed by atoms with Crippen molar-refractivity contribution in [2.24, 2.45) is 5.92 Å². The van der Waals surface area contributed by atoms with Gasteiger partial charge in [0.05, 0.1) is 10.6 Å². The van der Waals surface area contributed by atoms with Crippen LogP contribution < -0.4 is 11.1 Å². The van der Waals surface area contributed by atoms with E-state index < -0.39 is 4.92 Å². The van der Waals surface area contributed by atoms with Gasteiger partial charge in [0.2, 0.25) is 0 Å². The molecule has 1 atom stereocenters. The number of nitrogens with zero attached hydrogens (tertiary/aromatic N) is 2. The Morgan fingerprint density at radius 1 is 1.39 bits per heavy atom. The van der Waals surface area contributed by atoms with Crippen LogP contribution in [0.2, 0.25) is 0 Å². The summed E-state index contributed by atoms with van der Waals surface area (Å²) >= 11 is 1.26. The number of rotatable bonds is 3. The topological polar surface area (TPSA) is 111 Å². The van der Waals surface area contributed by atoms with Gasteiger partial charge in [-0.25, -0.2) is 4.98 Å². The number of amides is 1. The molecule has 2 heterocycles. The molecular formula is C20H20N4O3S. The van der Waals surface area contributed by atoms with Crippen LogP contribution in [0.25, 0.3) is 10.2 Å². The Kier molecular flexibility index (Phi) is 4.50. The predicted molar refractivity (Wildman–Crippen MR) is 111 cm³/mol. The number of anilines is 2. The number of nitrogen functional groups attached to an aromatic ring is 1. The number of hydrogen-bond acceptors (Lipinski definition) is 6. The van der Waals surface area contributed by atoms with E-state index in [1.165, 1.54) is 23.0 Å². The fraction of sp³-hybridized carbons (Fsp3) is 0.300. The number of nitro groups is 1. The SMILES string of the molecule is Cc1ccc(NC(=O)c2sc3nc4c(cc3c2N)CC(C)CC4)cc1[N+](=O)[O-]. The van der Waals surface area contributed by atoms with Crippen LogP contribution in [0.15, 0.2) is 24.3 Å². The van der Waals surface area contributed by atoms with Crippen molar-refractivity contribution in [3.63, 3.8) is 0 Å². The normalized spacial score (nSPS) is 16.0. The largest absolute Gasteiger partial charge is 0.397 e. The molecule has 3 aromatic rings. The van der Waals surface area contributed by atoms with Crippen molar-refractivity contribution in [3.8, 4) is 0 Å². The molecule has 1 aromatic carbocycles. The lowest BCUT2D eigenvalue weighted by atomic mass is 9.87. The van der Waals surface area contributed by atoms with Crippen LogP contribution in [0.5, 0.6) is 0 Å². The summed E-state index contributed by atoms with van der Waals surface area (Å²) in [5.41, 5.74) is 9.83. The fourth-order valence-electron chi connectivity index (χ4n) is 3.61. The van der Waals surface area contributed by atoms with Crippen molar-refractivity contribution in [2.75, 3.05) is 11.1 Å². The summed E-state index contributed by atoms with van der Waals surface area (Å²) in [6.07, 6.45) is 3.03. The van der Waals surface area contributed by atoms with Crippen molar-refractivity contribution >= 4 is 44.5 Å². The molecule has 8 heteroatoms. The molecule has 1 amide bonds. The molecule has 4 rings (SSSR count). The van der Waals surface area contributed by atoms with Gasteiger partial charge in [-0.2, -0.15) is 0 Å². The third-order valence-corrected chi connectivity index (χ3v) is 6.32. The summed E-state index contributed by atoms with van der Waals surface area (Å²) in [6, 6.07) is 6.67. The maximum atomic E-state index is 12.8. The third kappa shape index (κ3) is 3.20. The molecule has 0 spiro atoms. The number of fused-ring (bicyclic) bond motifs is 2. The molecule has 1 aliphatic carbocycles. The van der Waals surface area contributed by atoms with Gasteiger partial charge in [-0.3, -0.25) is 14.9 Å². The van der Waals surface area contributed by atoms with Crippen LogP contribution in [-0.4, -0.2) is 15.8 Å². The summed E-state index contributed by atoms with van der Waals surface area (Å²) in [4.78, 5) is 29.3. The number of thiophene rings is 1. The zero-order chi connectivity index (χ0) is 20.0. The summed E-state index contributed by atoms with van der Waals surface area (Å²) in [6.45, 7) is 3.88. The van der Waals surface area contributed by atoms with Crippen molar-refractivity contribution in [3.05, 3.63) is 56.1 Å². The molecule has 0 saturated carbocycles. The second-order valence-electron chi connectivity index (χ2n) is 7.35. The monoisotopic (exact) mass is 396 g/mol. The highest BCUT2D eigenvalue weighted by Crippen LogP contribution is 2.36. The van der Waals surface area contributed by atoms with Gasteiger partial charge in [-0.1, -0.05) is 13.0 Å². The molecule has 0 fully saturated rings.